The Labute approximate surface area is 157 Å². The minimum atomic E-state index is -0.106. The molecule has 5 heteroatoms. The minimum absolute atomic E-state index is 0.106. The summed E-state index contributed by atoms with van der Waals surface area (Å²) in [5.41, 5.74) is 4.38. The van der Waals surface area contributed by atoms with Crippen LogP contribution in [0.5, 0.6) is 0 Å². The second kappa shape index (κ2) is 8.03. The molecule has 1 N–H and O–H groups in total. The number of aryl methyl sites for hydroxylation is 2. The van der Waals surface area contributed by atoms with Crippen LogP contribution in [0.3, 0.4) is 0 Å². The molecular weight excluding hydrogens is 342 g/mol. The summed E-state index contributed by atoms with van der Waals surface area (Å²) >= 11 is 1.29. The van der Waals surface area contributed by atoms with Crippen molar-refractivity contribution in [2.45, 2.75) is 25.3 Å². The highest BCUT2D eigenvalue weighted by atomic mass is 32.2. The van der Waals surface area contributed by atoms with Crippen molar-refractivity contribution >= 4 is 34.3 Å². The summed E-state index contributed by atoms with van der Waals surface area (Å²) in [6, 6.07) is 17.7. The Balaban J connectivity index is 1.75. The summed E-state index contributed by atoms with van der Waals surface area (Å²) in [4.78, 5) is 16.9. The first-order chi connectivity index (χ1) is 12.6. The first kappa shape index (κ1) is 18.0. The summed E-state index contributed by atoms with van der Waals surface area (Å²) in [6.07, 6.45) is 0.855. The van der Waals surface area contributed by atoms with Gasteiger partial charge < -0.3 is 5.32 Å². The lowest BCUT2D eigenvalue weighted by atomic mass is 10.1. The molecule has 3 aromatic rings. The summed E-state index contributed by atoms with van der Waals surface area (Å²) in [6.45, 7) is 4.06. The molecule has 1 amide bonds. The van der Waals surface area contributed by atoms with Gasteiger partial charge in [0.1, 0.15) is 11.1 Å². The Morgan fingerprint density at radius 3 is 2.81 bits per heavy atom. The Bertz CT molecular complexity index is 1010. The van der Waals surface area contributed by atoms with Crippen LogP contribution < -0.4 is 5.32 Å². The van der Waals surface area contributed by atoms with Crippen molar-refractivity contribution in [3.63, 3.8) is 0 Å². The number of fused-ring (bicyclic) bond motifs is 1. The van der Waals surface area contributed by atoms with E-state index in [0.717, 1.165) is 34.1 Å². The number of pyridine rings is 1. The lowest BCUT2D eigenvalue weighted by molar-refractivity contribution is -0.113. The van der Waals surface area contributed by atoms with Crippen molar-refractivity contribution in [3.8, 4) is 6.07 Å². The van der Waals surface area contributed by atoms with Gasteiger partial charge in [-0.25, -0.2) is 4.98 Å². The van der Waals surface area contributed by atoms with Gasteiger partial charge in [0, 0.05) is 11.1 Å². The van der Waals surface area contributed by atoms with Gasteiger partial charge in [-0.1, -0.05) is 48.5 Å². The van der Waals surface area contributed by atoms with Crippen molar-refractivity contribution in [1.29, 1.82) is 5.26 Å². The number of para-hydroxylation sites is 1. The number of anilines is 1. The molecule has 4 nitrogen and oxygen atoms in total. The Morgan fingerprint density at radius 2 is 2.04 bits per heavy atom. The molecule has 0 saturated carbocycles. The molecule has 1 heterocycles. The van der Waals surface area contributed by atoms with Gasteiger partial charge in [-0.15, -0.1) is 0 Å². The smallest absolute Gasteiger partial charge is 0.234 e. The van der Waals surface area contributed by atoms with Gasteiger partial charge in [0.05, 0.1) is 16.8 Å². The molecule has 0 aliphatic carbocycles. The van der Waals surface area contributed by atoms with Crippen molar-refractivity contribution < 1.29 is 4.79 Å². The van der Waals surface area contributed by atoms with E-state index in [-0.39, 0.29) is 11.7 Å². The number of nitrogens with one attached hydrogen (secondary N) is 1. The molecule has 3 rings (SSSR count). The topological polar surface area (TPSA) is 65.8 Å². The summed E-state index contributed by atoms with van der Waals surface area (Å²) in [5.74, 6) is 0.0995. The molecule has 0 unspecified atom stereocenters. The minimum Gasteiger partial charge on any atom is -0.325 e. The van der Waals surface area contributed by atoms with E-state index in [1.165, 1.54) is 11.8 Å². The molecule has 0 spiro atoms. The summed E-state index contributed by atoms with van der Waals surface area (Å²) in [5, 5.41) is 13.9. The van der Waals surface area contributed by atoms with E-state index in [9.17, 15) is 10.1 Å². The quantitative estimate of drug-likeness (QED) is 0.669. The zero-order valence-corrected chi connectivity index (χ0v) is 15.6. The van der Waals surface area contributed by atoms with E-state index >= 15 is 0 Å². The fourth-order valence-corrected chi connectivity index (χ4v) is 3.50. The first-order valence-electron chi connectivity index (χ1n) is 8.42. The molecule has 0 saturated heterocycles. The number of benzene rings is 2. The molecule has 0 atom stereocenters. The van der Waals surface area contributed by atoms with E-state index in [4.69, 9.17) is 0 Å². The predicted molar refractivity (Wildman–Crippen MR) is 106 cm³/mol. The number of rotatable bonds is 5. The Morgan fingerprint density at radius 1 is 1.23 bits per heavy atom. The molecule has 0 radical (unpaired) electrons. The Kier molecular flexibility index (Phi) is 5.55. The summed E-state index contributed by atoms with van der Waals surface area (Å²) < 4.78 is 0. The van der Waals surface area contributed by atoms with Gasteiger partial charge in [0.15, 0.2) is 0 Å². The lowest BCUT2D eigenvalue weighted by Crippen LogP contribution is -2.15. The Hall–Kier alpha value is -2.84. The molecular formula is C21H19N3OS. The number of carbonyl (C=O) groups is 1. The molecule has 0 aliphatic heterocycles. The van der Waals surface area contributed by atoms with Gasteiger partial charge in [0.25, 0.3) is 0 Å². The van der Waals surface area contributed by atoms with Crippen LogP contribution in [0.25, 0.3) is 10.9 Å². The van der Waals surface area contributed by atoms with Crippen LogP contribution in [-0.4, -0.2) is 16.6 Å². The SMILES string of the molecule is CCc1ccccc1NC(=O)CSc1nc2ccc(C)cc2cc1C#N. The summed E-state index contributed by atoms with van der Waals surface area (Å²) in [7, 11) is 0. The van der Waals surface area contributed by atoms with Crippen LogP contribution in [0.2, 0.25) is 0 Å². The number of aromatic nitrogens is 1. The van der Waals surface area contributed by atoms with Crippen LogP contribution in [0.1, 0.15) is 23.6 Å². The lowest BCUT2D eigenvalue weighted by Gasteiger charge is -2.10. The van der Waals surface area contributed by atoms with Gasteiger partial charge >= 0.3 is 0 Å². The van der Waals surface area contributed by atoms with E-state index in [1.807, 2.05) is 55.5 Å². The van der Waals surface area contributed by atoms with E-state index in [2.05, 4.69) is 23.3 Å². The van der Waals surface area contributed by atoms with Crippen LogP contribution >= 0.6 is 11.8 Å². The van der Waals surface area contributed by atoms with Gasteiger partial charge in [-0.3, -0.25) is 4.79 Å². The van der Waals surface area contributed by atoms with Crippen LogP contribution in [-0.2, 0) is 11.2 Å². The van der Waals surface area contributed by atoms with Gasteiger partial charge in [-0.05, 0) is 43.2 Å². The zero-order valence-electron chi connectivity index (χ0n) is 14.7. The van der Waals surface area contributed by atoms with Crippen LogP contribution in [0, 0.1) is 18.3 Å². The zero-order chi connectivity index (χ0) is 18.5. The number of hydrogen-bond donors (Lipinski definition) is 1. The van der Waals surface area contributed by atoms with E-state index in [1.54, 1.807) is 0 Å². The molecule has 130 valence electrons. The average Bonchev–Trinajstić information content (AvgIpc) is 2.66. The van der Waals surface area contributed by atoms with E-state index < -0.39 is 0 Å². The first-order valence-corrected chi connectivity index (χ1v) is 9.41. The monoisotopic (exact) mass is 361 g/mol. The fourth-order valence-electron chi connectivity index (χ4n) is 2.74. The van der Waals surface area contributed by atoms with Crippen LogP contribution in [0.4, 0.5) is 5.69 Å². The van der Waals surface area contributed by atoms with Gasteiger partial charge in [-0.2, -0.15) is 5.26 Å². The maximum atomic E-state index is 12.3. The molecule has 0 bridgehead atoms. The third-order valence-electron chi connectivity index (χ3n) is 4.07. The van der Waals surface area contributed by atoms with Crippen LogP contribution in [0.15, 0.2) is 53.6 Å². The number of amides is 1. The molecule has 2 aromatic carbocycles. The standard InChI is InChI=1S/C21H19N3OS/c1-3-15-6-4-5-7-18(15)23-20(25)13-26-21-17(12-22)11-16-10-14(2)8-9-19(16)24-21/h4-11H,3,13H2,1-2H3,(H,23,25). The molecule has 0 fully saturated rings. The van der Waals surface area contributed by atoms with Crippen molar-refractivity contribution in [2.75, 3.05) is 11.1 Å². The fraction of sp³-hybridized carbons (Fsp3) is 0.190. The maximum Gasteiger partial charge on any atom is 0.234 e. The van der Waals surface area contributed by atoms with E-state index in [0.29, 0.717) is 10.6 Å². The normalized spacial score (nSPS) is 10.5. The largest absolute Gasteiger partial charge is 0.325 e. The average molecular weight is 361 g/mol. The molecule has 26 heavy (non-hydrogen) atoms. The van der Waals surface area contributed by atoms with Crippen molar-refractivity contribution in [2.24, 2.45) is 0 Å². The highest BCUT2D eigenvalue weighted by Gasteiger charge is 2.11. The third kappa shape index (κ3) is 4.04. The molecule has 0 aliphatic rings. The maximum absolute atomic E-state index is 12.3. The van der Waals surface area contributed by atoms with Crippen molar-refractivity contribution in [3.05, 3.63) is 65.2 Å². The predicted octanol–water partition coefficient (Wildman–Crippen LogP) is 4.71. The number of thioether (sulfide) groups is 1. The second-order valence-corrected chi connectivity index (χ2v) is 6.96. The highest BCUT2D eigenvalue weighted by molar-refractivity contribution is 8.00. The number of hydrogen-bond acceptors (Lipinski definition) is 4. The number of nitriles is 1. The molecule has 1 aromatic heterocycles. The second-order valence-electron chi connectivity index (χ2n) is 6.00. The number of nitrogens with zero attached hydrogens (tertiary/aromatic N) is 2. The van der Waals surface area contributed by atoms with Crippen molar-refractivity contribution in [1.82, 2.24) is 4.98 Å². The number of carbonyl (C=O) groups excluding carboxylic acids is 1. The highest BCUT2D eigenvalue weighted by Crippen LogP contribution is 2.25. The third-order valence-corrected chi connectivity index (χ3v) is 5.06. The van der Waals surface area contributed by atoms with Gasteiger partial charge in [0.2, 0.25) is 5.91 Å².